The lowest BCUT2D eigenvalue weighted by molar-refractivity contribution is -0.133. The van der Waals surface area contributed by atoms with Crippen LogP contribution in [-0.2, 0) is 10.3 Å². The van der Waals surface area contributed by atoms with Gasteiger partial charge in [-0.05, 0) is 32.2 Å². The zero-order valence-electron chi connectivity index (χ0n) is 11.3. The van der Waals surface area contributed by atoms with Crippen LogP contribution in [0.3, 0.4) is 0 Å². The average molecular weight is 332 g/mol. The highest BCUT2D eigenvalue weighted by molar-refractivity contribution is 7.99. The van der Waals surface area contributed by atoms with Crippen LogP contribution in [0.2, 0.25) is 5.02 Å². The van der Waals surface area contributed by atoms with Gasteiger partial charge in [-0.3, -0.25) is 9.36 Å². The first-order valence-electron chi connectivity index (χ1n) is 5.84. The number of thiophene rings is 1. The van der Waals surface area contributed by atoms with Crippen molar-refractivity contribution in [3.05, 3.63) is 16.5 Å². The molecule has 0 atom stereocenters. The second-order valence-electron chi connectivity index (χ2n) is 5.09. The van der Waals surface area contributed by atoms with Gasteiger partial charge in [0.1, 0.15) is 0 Å². The Morgan fingerprint density at radius 3 is 2.70 bits per heavy atom. The molecule has 5 nitrogen and oxygen atoms in total. The molecule has 0 fully saturated rings. The Balaban J connectivity index is 2.49. The highest BCUT2D eigenvalue weighted by atomic mass is 35.5. The topological polar surface area (TPSA) is 68.0 Å². The highest BCUT2D eigenvalue weighted by Gasteiger charge is 2.26. The fourth-order valence-corrected chi connectivity index (χ4v) is 3.65. The lowest BCUT2D eigenvalue weighted by atomic mass is 10.1. The van der Waals surface area contributed by atoms with Crippen molar-refractivity contribution >= 4 is 40.7 Å². The maximum Gasteiger partial charge on any atom is 0.313 e. The molecule has 0 aliphatic carbocycles. The minimum absolute atomic E-state index is 0.0492. The summed E-state index contributed by atoms with van der Waals surface area (Å²) in [5.41, 5.74) is -0.271. The van der Waals surface area contributed by atoms with Crippen LogP contribution in [-0.4, -0.2) is 31.6 Å². The maximum atomic E-state index is 10.7. The largest absolute Gasteiger partial charge is 0.481 e. The molecule has 0 saturated carbocycles. The number of carbonyl (C=O) groups is 1. The minimum Gasteiger partial charge on any atom is -0.481 e. The summed E-state index contributed by atoms with van der Waals surface area (Å²) in [6.07, 6.45) is 0. The summed E-state index contributed by atoms with van der Waals surface area (Å²) >= 11 is 8.81. The fourth-order valence-electron chi connectivity index (χ4n) is 1.69. The first-order chi connectivity index (χ1) is 9.30. The second kappa shape index (κ2) is 5.75. The van der Waals surface area contributed by atoms with Gasteiger partial charge in [-0.25, -0.2) is 0 Å². The van der Waals surface area contributed by atoms with Gasteiger partial charge >= 0.3 is 5.97 Å². The molecule has 0 bridgehead atoms. The molecule has 2 aromatic heterocycles. The SMILES string of the molecule is CC(C)(C)n1c(SCC(=O)O)nnc1-c1sccc1Cl. The fraction of sp³-hybridized carbons (Fsp3) is 0.417. The van der Waals surface area contributed by atoms with E-state index < -0.39 is 5.97 Å². The first kappa shape index (κ1) is 15.3. The number of halogens is 1. The van der Waals surface area contributed by atoms with Crippen molar-refractivity contribution in [2.24, 2.45) is 0 Å². The second-order valence-corrected chi connectivity index (χ2v) is 7.36. The Kier molecular flexibility index (Phi) is 4.41. The van der Waals surface area contributed by atoms with E-state index in [1.165, 1.54) is 11.3 Å². The summed E-state index contributed by atoms with van der Waals surface area (Å²) in [5, 5.41) is 20.2. The number of carboxylic acid groups (broad SMARTS) is 1. The number of rotatable bonds is 4. The molecule has 108 valence electrons. The van der Waals surface area contributed by atoms with Crippen LogP contribution in [0.4, 0.5) is 0 Å². The van der Waals surface area contributed by atoms with Crippen molar-refractivity contribution in [2.45, 2.75) is 31.5 Å². The molecule has 0 aliphatic rings. The highest BCUT2D eigenvalue weighted by Crippen LogP contribution is 2.36. The van der Waals surface area contributed by atoms with Crippen molar-refractivity contribution in [1.29, 1.82) is 0 Å². The molecule has 2 aromatic rings. The van der Waals surface area contributed by atoms with Crippen LogP contribution in [0.15, 0.2) is 16.6 Å². The van der Waals surface area contributed by atoms with Crippen LogP contribution in [0, 0.1) is 0 Å². The first-order valence-corrected chi connectivity index (χ1v) is 8.09. The molecular formula is C12H14ClN3O2S2. The van der Waals surface area contributed by atoms with Gasteiger partial charge in [-0.1, -0.05) is 23.4 Å². The number of aromatic nitrogens is 3. The number of aliphatic carboxylic acids is 1. The molecule has 0 aromatic carbocycles. The lowest BCUT2D eigenvalue weighted by Gasteiger charge is -2.24. The van der Waals surface area contributed by atoms with E-state index in [-0.39, 0.29) is 11.3 Å². The van der Waals surface area contributed by atoms with Crippen molar-refractivity contribution in [2.75, 3.05) is 5.75 Å². The minimum atomic E-state index is -0.880. The predicted molar refractivity (Wildman–Crippen MR) is 81.7 cm³/mol. The number of carboxylic acids is 1. The van der Waals surface area contributed by atoms with E-state index in [0.717, 1.165) is 16.6 Å². The summed E-state index contributed by atoms with van der Waals surface area (Å²) in [5.74, 6) is -0.258. The van der Waals surface area contributed by atoms with Crippen LogP contribution in [0.5, 0.6) is 0 Å². The van der Waals surface area contributed by atoms with Crippen molar-refractivity contribution in [3.8, 4) is 10.7 Å². The van der Waals surface area contributed by atoms with E-state index in [1.54, 1.807) is 0 Å². The molecule has 8 heteroatoms. The zero-order chi connectivity index (χ0) is 14.9. The Bertz CT molecular complexity index is 631. The Morgan fingerprint density at radius 1 is 1.50 bits per heavy atom. The van der Waals surface area contributed by atoms with Gasteiger partial charge in [0.05, 0.1) is 15.7 Å². The Labute approximate surface area is 130 Å². The summed E-state index contributed by atoms with van der Waals surface area (Å²) in [6.45, 7) is 6.06. The van der Waals surface area contributed by atoms with Crippen molar-refractivity contribution in [1.82, 2.24) is 14.8 Å². The summed E-state index contributed by atoms with van der Waals surface area (Å²) in [6, 6.07) is 1.81. The molecular weight excluding hydrogens is 318 g/mol. The van der Waals surface area contributed by atoms with Gasteiger partial charge in [-0.15, -0.1) is 21.5 Å². The van der Waals surface area contributed by atoms with Gasteiger partial charge < -0.3 is 5.11 Å². The van der Waals surface area contributed by atoms with Crippen LogP contribution in [0.1, 0.15) is 20.8 Å². The molecule has 0 spiro atoms. The standard InChI is InChI=1S/C12H14ClN3O2S2/c1-12(2,3)16-10(9-7(13)4-5-19-9)14-15-11(16)20-6-8(17)18/h4-5H,6H2,1-3H3,(H,17,18). The lowest BCUT2D eigenvalue weighted by Crippen LogP contribution is -2.24. The van der Waals surface area contributed by atoms with Gasteiger partial charge in [0, 0.05) is 5.54 Å². The van der Waals surface area contributed by atoms with Crippen molar-refractivity contribution < 1.29 is 9.90 Å². The Hall–Kier alpha value is -1.05. The van der Waals surface area contributed by atoms with Crippen LogP contribution < -0.4 is 0 Å². The predicted octanol–water partition coefficient (Wildman–Crippen LogP) is 3.59. The molecule has 2 heterocycles. The monoisotopic (exact) mass is 331 g/mol. The van der Waals surface area contributed by atoms with E-state index in [2.05, 4.69) is 10.2 Å². The molecule has 1 N–H and O–H groups in total. The number of nitrogens with zero attached hydrogens (tertiary/aromatic N) is 3. The quantitative estimate of drug-likeness (QED) is 0.867. The third-order valence-electron chi connectivity index (χ3n) is 2.45. The van der Waals surface area contributed by atoms with E-state index in [0.29, 0.717) is 16.0 Å². The third kappa shape index (κ3) is 3.16. The normalized spacial score (nSPS) is 11.8. The molecule has 0 unspecified atom stereocenters. The molecule has 0 radical (unpaired) electrons. The molecule has 0 aliphatic heterocycles. The van der Waals surface area contributed by atoms with Crippen LogP contribution >= 0.6 is 34.7 Å². The molecule has 0 saturated heterocycles. The zero-order valence-corrected chi connectivity index (χ0v) is 13.6. The van der Waals surface area contributed by atoms with E-state index in [1.807, 2.05) is 36.8 Å². The van der Waals surface area contributed by atoms with Gasteiger partial charge in [0.15, 0.2) is 11.0 Å². The molecule has 2 rings (SSSR count). The summed E-state index contributed by atoms with van der Waals surface area (Å²) in [4.78, 5) is 11.6. The van der Waals surface area contributed by atoms with E-state index in [9.17, 15) is 4.79 Å². The van der Waals surface area contributed by atoms with Gasteiger partial charge in [0.25, 0.3) is 0 Å². The van der Waals surface area contributed by atoms with Crippen LogP contribution in [0.25, 0.3) is 10.7 Å². The molecule has 0 amide bonds. The average Bonchev–Trinajstić information content (AvgIpc) is 2.90. The third-order valence-corrected chi connectivity index (χ3v) is 4.70. The summed E-state index contributed by atoms with van der Waals surface area (Å²) in [7, 11) is 0. The maximum absolute atomic E-state index is 10.7. The van der Waals surface area contributed by atoms with Gasteiger partial charge in [0.2, 0.25) is 0 Å². The number of hydrogen-bond acceptors (Lipinski definition) is 5. The van der Waals surface area contributed by atoms with Gasteiger partial charge in [-0.2, -0.15) is 0 Å². The van der Waals surface area contributed by atoms with E-state index in [4.69, 9.17) is 16.7 Å². The van der Waals surface area contributed by atoms with Crippen molar-refractivity contribution in [3.63, 3.8) is 0 Å². The smallest absolute Gasteiger partial charge is 0.313 e. The number of hydrogen-bond donors (Lipinski definition) is 1. The Morgan fingerprint density at radius 2 is 2.20 bits per heavy atom. The molecule has 20 heavy (non-hydrogen) atoms. The van der Waals surface area contributed by atoms with E-state index >= 15 is 0 Å². The number of thioether (sulfide) groups is 1. The summed E-state index contributed by atoms with van der Waals surface area (Å²) < 4.78 is 1.93.